The first kappa shape index (κ1) is 18.0. The highest BCUT2D eigenvalue weighted by atomic mass is 16.2. The van der Waals surface area contributed by atoms with Gasteiger partial charge in [-0.25, -0.2) is 4.98 Å². The summed E-state index contributed by atoms with van der Waals surface area (Å²) in [5.41, 5.74) is 3.30. The van der Waals surface area contributed by atoms with Gasteiger partial charge in [-0.3, -0.25) is 14.6 Å². The quantitative estimate of drug-likeness (QED) is 0.820. The lowest BCUT2D eigenvalue weighted by molar-refractivity contribution is -0.125. The third-order valence-corrected chi connectivity index (χ3v) is 6.53. The number of anilines is 1. The van der Waals surface area contributed by atoms with Crippen LogP contribution >= 0.6 is 0 Å². The Bertz CT molecular complexity index is 958. The molecule has 1 aliphatic carbocycles. The van der Waals surface area contributed by atoms with E-state index < -0.39 is 0 Å². The SMILES string of the molecule is O=C1CCc2cc(C=CC(=O)N3CC4CC(c5ccncc5)CC4C3)cnc2N1. The first-order valence-corrected chi connectivity index (χ1v) is 10.3. The Morgan fingerprint density at radius 3 is 2.66 bits per heavy atom. The number of fused-ring (bicyclic) bond motifs is 2. The smallest absolute Gasteiger partial charge is 0.246 e. The van der Waals surface area contributed by atoms with E-state index in [1.54, 1.807) is 12.3 Å². The van der Waals surface area contributed by atoms with Gasteiger partial charge in [0.1, 0.15) is 5.82 Å². The lowest BCUT2D eigenvalue weighted by Crippen LogP contribution is -2.28. The number of carbonyl (C=O) groups excluding carboxylic acids is 2. The maximum absolute atomic E-state index is 12.7. The zero-order valence-corrected chi connectivity index (χ0v) is 16.3. The van der Waals surface area contributed by atoms with Crippen molar-refractivity contribution in [3.8, 4) is 0 Å². The molecule has 6 nitrogen and oxygen atoms in total. The third-order valence-electron chi connectivity index (χ3n) is 6.53. The third kappa shape index (κ3) is 3.67. The maximum Gasteiger partial charge on any atom is 0.246 e. The molecule has 0 spiro atoms. The molecular formula is C23H24N4O2. The fourth-order valence-corrected chi connectivity index (χ4v) is 5.03. The maximum atomic E-state index is 12.7. The molecule has 0 radical (unpaired) electrons. The van der Waals surface area contributed by atoms with E-state index in [0.717, 1.165) is 37.1 Å². The number of hydrogen-bond acceptors (Lipinski definition) is 4. The van der Waals surface area contributed by atoms with Crippen LogP contribution in [-0.2, 0) is 16.0 Å². The van der Waals surface area contributed by atoms with E-state index in [4.69, 9.17) is 0 Å². The summed E-state index contributed by atoms with van der Waals surface area (Å²) in [4.78, 5) is 34.5. The lowest BCUT2D eigenvalue weighted by atomic mass is 9.97. The van der Waals surface area contributed by atoms with Crippen LogP contribution in [0.1, 0.15) is 41.9 Å². The van der Waals surface area contributed by atoms with E-state index >= 15 is 0 Å². The number of carbonyl (C=O) groups is 2. The van der Waals surface area contributed by atoms with Crippen molar-refractivity contribution in [3.05, 3.63) is 59.6 Å². The van der Waals surface area contributed by atoms with Gasteiger partial charge in [0.05, 0.1) is 0 Å². The first-order chi connectivity index (χ1) is 14.2. The molecule has 148 valence electrons. The highest BCUT2D eigenvalue weighted by molar-refractivity contribution is 5.94. The van der Waals surface area contributed by atoms with E-state index in [0.29, 0.717) is 36.4 Å². The van der Waals surface area contributed by atoms with Gasteiger partial charge in [-0.2, -0.15) is 0 Å². The van der Waals surface area contributed by atoms with E-state index in [2.05, 4.69) is 27.4 Å². The molecule has 2 amide bonds. The van der Waals surface area contributed by atoms with Crippen molar-refractivity contribution < 1.29 is 9.59 Å². The first-order valence-electron chi connectivity index (χ1n) is 10.3. The van der Waals surface area contributed by atoms with Crippen LogP contribution in [0.2, 0.25) is 0 Å². The number of pyridine rings is 2. The van der Waals surface area contributed by atoms with Gasteiger partial charge in [-0.05, 0) is 78.0 Å². The second-order valence-electron chi connectivity index (χ2n) is 8.37. The molecule has 5 rings (SSSR count). The second-order valence-corrected chi connectivity index (χ2v) is 8.37. The summed E-state index contributed by atoms with van der Waals surface area (Å²) < 4.78 is 0. The summed E-state index contributed by atoms with van der Waals surface area (Å²) in [6, 6.07) is 6.24. The van der Waals surface area contributed by atoms with Gasteiger partial charge in [0.15, 0.2) is 0 Å². The number of rotatable bonds is 3. The number of likely N-dealkylation sites (tertiary alicyclic amines) is 1. The van der Waals surface area contributed by atoms with Gasteiger partial charge in [-0.1, -0.05) is 0 Å². The van der Waals surface area contributed by atoms with Crippen molar-refractivity contribution in [3.63, 3.8) is 0 Å². The summed E-state index contributed by atoms with van der Waals surface area (Å²) in [6.07, 6.45) is 12.4. The van der Waals surface area contributed by atoms with Gasteiger partial charge >= 0.3 is 0 Å². The van der Waals surface area contributed by atoms with E-state index in [-0.39, 0.29) is 11.8 Å². The molecule has 2 aliphatic heterocycles. The highest BCUT2D eigenvalue weighted by Crippen LogP contribution is 2.46. The Morgan fingerprint density at radius 1 is 1.14 bits per heavy atom. The van der Waals surface area contributed by atoms with Crippen LogP contribution in [0.4, 0.5) is 5.82 Å². The molecule has 2 unspecified atom stereocenters. The van der Waals surface area contributed by atoms with Crippen molar-refractivity contribution >= 4 is 23.7 Å². The number of aromatic nitrogens is 2. The second kappa shape index (κ2) is 7.43. The van der Waals surface area contributed by atoms with Crippen molar-refractivity contribution in [2.24, 2.45) is 11.8 Å². The van der Waals surface area contributed by atoms with Crippen LogP contribution in [-0.4, -0.2) is 39.8 Å². The van der Waals surface area contributed by atoms with Crippen LogP contribution in [0.25, 0.3) is 6.08 Å². The normalized spacial score (nSPS) is 25.7. The van der Waals surface area contributed by atoms with Gasteiger partial charge in [0, 0.05) is 44.2 Å². The molecule has 2 aromatic rings. The fraction of sp³-hybridized carbons (Fsp3) is 0.391. The fourth-order valence-electron chi connectivity index (χ4n) is 5.03. The van der Waals surface area contributed by atoms with Gasteiger partial charge < -0.3 is 10.2 Å². The predicted molar refractivity (Wildman–Crippen MR) is 110 cm³/mol. The Balaban J connectivity index is 1.19. The Kier molecular flexibility index (Phi) is 4.62. The van der Waals surface area contributed by atoms with Crippen molar-refractivity contribution in [2.45, 2.75) is 31.6 Å². The molecular weight excluding hydrogens is 364 g/mol. The van der Waals surface area contributed by atoms with Crippen LogP contribution < -0.4 is 5.32 Å². The Hall–Kier alpha value is -3.02. The highest BCUT2D eigenvalue weighted by Gasteiger charge is 2.42. The standard InChI is InChI=1S/C23H24N4O2/c28-21-3-2-17-9-15(12-25-23(17)26-21)1-4-22(29)27-13-19-10-18(11-20(19)14-27)16-5-7-24-8-6-16/h1,4-9,12,18-20H,2-3,10-11,13-14H2,(H,25,26,28). The molecule has 2 atom stereocenters. The topological polar surface area (TPSA) is 75.2 Å². The van der Waals surface area contributed by atoms with Crippen molar-refractivity contribution in [1.82, 2.24) is 14.9 Å². The molecule has 4 heterocycles. The van der Waals surface area contributed by atoms with Gasteiger partial charge in [0.25, 0.3) is 0 Å². The van der Waals surface area contributed by atoms with E-state index in [9.17, 15) is 9.59 Å². The lowest BCUT2D eigenvalue weighted by Gasteiger charge is -2.18. The summed E-state index contributed by atoms with van der Waals surface area (Å²) in [5, 5.41) is 2.78. The minimum Gasteiger partial charge on any atom is -0.339 e. The minimum atomic E-state index is 0.00854. The monoisotopic (exact) mass is 388 g/mol. The molecule has 0 aromatic carbocycles. The van der Waals surface area contributed by atoms with Gasteiger partial charge in [-0.15, -0.1) is 0 Å². The van der Waals surface area contributed by atoms with Gasteiger partial charge in [0.2, 0.25) is 11.8 Å². The largest absolute Gasteiger partial charge is 0.339 e. The van der Waals surface area contributed by atoms with Crippen LogP contribution in [0, 0.1) is 11.8 Å². The summed E-state index contributed by atoms with van der Waals surface area (Å²) >= 11 is 0. The number of nitrogens with zero attached hydrogens (tertiary/aromatic N) is 3. The van der Waals surface area contributed by atoms with E-state index in [1.165, 1.54) is 5.56 Å². The minimum absolute atomic E-state index is 0.00854. The molecule has 1 N–H and O–H groups in total. The molecule has 0 bridgehead atoms. The van der Waals surface area contributed by atoms with E-state index in [1.807, 2.05) is 29.4 Å². The molecule has 1 saturated heterocycles. The molecule has 6 heteroatoms. The summed E-state index contributed by atoms with van der Waals surface area (Å²) in [5.74, 6) is 2.52. The molecule has 2 aromatic heterocycles. The van der Waals surface area contributed by atoms with Crippen LogP contribution in [0.3, 0.4) is 0 Å². The molecule has 1 saturated carbocycles. The molecule has 2 fully saturated rings. The van der Waals surface area contributed by atoms with Crippen LogP contribution in [0.15, 0.2) is 42.9 Å². The van der Waals surface area contributed by atoms with Crippen LogP contribution in [0.5, 0.6) is 0 Å². The average Bonchev–Trinajstić information content (AvgIpc) is 3.32. The zero-order valence-electron chi connectivity index (χ0n) is 16.3. The number of amides is 2. The summed E-state index contributed by atoms with van der Waals surface area (Å²) in [6.45, 7) is 1.70. The number of hydrogen-bond donors (Lipinski definition) is 1. The van der Waals surface area contributed by atoms with Crippen molar-refractivity contribution in [1.29, 1.82) is 0 Å². The Morgan fingerprint density at radius 2 is 1.90 bits per heavy atom. The molecule has 29 heavy (non-hydrogen) atoms. The Labute approximate surface area is 170 Å². The zero-order chi connectivity index (χ0) is 19.8. The summed E-state index contributed by atoms with van der Waals surface area (Å²) in [7, 11) is 0. The number of aryl methyl sites for hydroxylation is 1. The predicted octanol–water partition coefficient (Wildman–Crippen LogP) is 3.03. The molecule has 3 aliphatic rings. The van der Waals surface area contributed by atoms with Crippen molar-refractivity contribution in [2.75, 3.05) is 18.4 Å². The average molecular weight is 388 g/mol. The number of nitrogens with one attached hydrogen (secondary N) is 1.